The second kappa shape index (κ2) is 10.0. The Morgan fingerprint density at radius 1 is 1.21 bits per heavy atom. The number of alkyl halides is 2. The predicted octanol–water partition coefficient (Wildman–Crippen LogP) is 3.25. The van der Waals surface area contributed by atoms with Crippen LogP contribution in [0.2, 0.25) is 0 Å². The number of nitrogens with zero attached hydrogens (tertiary/aromatic N) is 1. The van der Waals surface area contributed by atoms with E-state index in [1.165, 1.54) is 31.4 Å². The summed E-state index contributed by atoms with van der Waals surface area (Å²) in [5.41, 5.74) is -0.677. The fraction of sp³-hybridized carbons (Fsp3) is 0.611. The Hall–Kier alpha value is -1.94. The van der Waals surface area contributed by atoms with E-state index in [9.17, 15) is 22.0 Å². The first kappa shape index (κ1) is 24.1. The largest absolute Gasteiger partial charge is 0.497 e. The summed E-state index contributed by atoms with van der Waals surface area (Å²) in [7, 11) is -2.68. The number of carbonyl (C=O) groups is 1. The van der Waals surface area contributed by atoms with Crippen LogP contribution in [0.25, 0.3) is 0 Å². The minimum atomic E-state index is -4.12. The lowest BCUT2D eigenvalue weighted by atomic mass is 10.2. The lowest BCUT2D eigenvalue weighted by molar-refractivity contribution is 0.0503. The molecule has 1 amide bonds. The Balaban J connectivity index is 2.83. The molecule has 1 aromatic carbocycles. The van der Waals surface area contributed by atoms with E-state index in [1.807, 2.05) is 0 Å². The van der Waals surface area contributed by atoms with Gasteiger partial charge in [-0.2, -0.15) is 4.31 Å². The van der Waals surface area contributed by atoms with Crippen LogP contribution in [0, 0.1) is 0 Å². The van der Waals surface area contributed by atoms with Crippen LogP contribution >= 0.6 is 0 Å². The number of ether oxygens (including phenoxy) is 2. The quantitative estimate of drug-likeness (QED) is 0.660. The Labute approximate surface area is 165 Å². The first-order valence-corrected chi connectivity index (χ1v) is 10.2. The molecule has 0 fully saturated rings. The van der Waals surface area contributed by atoms with Crippen molar-refractivity contribution in [2.45, 2.75) is 57.1 Å². The number of amides is 1. The highest BCUT2D eigenvalue weighted by Gasteiger charge is 2.28. The molecule has 0 aliphatic rings. The fourth-order valence-corrected chi connectivity index (χ4v) is 3.71. The van der Waals surface area contributed by atoms with Crippen LogP contribution in [0.1, 0.15) is 34.1 Å². The molecule has 1 atom stereocenters. The number of sulfonamides is 1. The van der Waals surface area contributed by atoms with Crippen molar-refractivity contribution < 1.29 is 31.5 Å². The van der Waals surface area contributed by atoms with Gasteiger partial charge in [-0.15, -0.1) is 0 Å². The number of carbonyl (C=O) groups excluding carboxylic acids is 1. The number of hydrogen-bond donors (Lipinski definition) is 1. The molecule has 28 heavy (non-hydrogen) atoms. The van der Waals surface area contributed by atoms with Crippen molar-refractivity contribution in [2.24, 2.45) is 0 Å². The highest BCUT2D eigenvalue weighted by Crippen LogP contribution is 2.21. The van der Waals surface area contributed by atoms with Gasteiger partial charge >= 0.3 is 6.09 Å². The zero-order valence-corrected chi connectivity index (χ0v) is 17.6. The van der Waals surface area contributed by atoms with Crippen LogP contribution in [0.5, 0.6) is 5.75 Å². The van der Waals surface area contributed by atoms with Gasteiger partial charge in [-0.3, -0.25) is 0 Å². The molecule has 0 aromatic heterocycles. The third kappa shape index (κ3) is 7.97. The van der Waals surface area contributed by atoms with Crippen molar-refractivity contribution in [1.29, 1.82) is 0 Å². The third-order valence-corrected chi connectivity index (χ3v) is 5.49. The standard InChI is InChI=1S/C18H28F2N2O5S/c1-13(21-17(23)27-18(2,3)4)10-11-22(12-16(19)20)28(24,25)15-8-6-14(26-5)7-9-15/h6-9,13,16H,10-12H2,1-5H3,(H,21,23)/t13-/m0/s1. The van der Waals surface area contributed by atoms with Gasteiger partial charge in [-0.1, -0.05) is 0 Å². The Morgan fingerprint density at radius 2 is 1.79 bits per heavy atom. The van der Waals surface area contributed by atoms with Gasteiger partial charge in [0.1, 0.15) is 11.4 Å². The summed E-state index contributed by atoms with van der Waals surface area (Å²) >= 11 is 0. The molecule has 0 saturated carbocycles. The van der Waals surface area contributed by atoms with Gasteiger partial charge in [0, 0.05) is 12.6 Å². The molecule has 1 rings (SSSR count). The molecule has 10 heteroatoms. The van der Waals surface area contributed by atoms with Crippen molar-refractivity contribution in [3.8, 4) is 5.75 Å². The number of nitrogens with one attached hydrogen (secondary N) is 1. The van der Waals surface area contributed by atoms with Crippen molar-refractivity contribution in [2.75, 3.05) is 20.2 Å². The maximum absolute atomic E-state index is 13.0. The Morgan fingerprint density at radius 3 is 2.25 bits per heavy atom. The molecule has 0 unspecified atom stereocenters. The molecule has 160 valence electrons. The van der Waals surface area contributed by atoms with E-state index < -0.39 is 40.7 Å². The monoisotopic (exact) mass is 422 g/mol. The van der Waals surface area contributed by atoms with Crippen LogP contribution < -0.4 is 10.1 Å². The second-order valence-corrected chi connectivity index (χ2v) is 9.20. The molecule has 0 heterocycles. The van der Waals surface area contributed by atoms with E-state index in [0.29, 0.717) is 10.1 Å². The van der Waals surface area contributed by atoms with Gasteiger partial charge in [0.15, 0.2) is 0 Å². The molecular weight excluding hydrogens is 394 g/mol. The van der Waals surface area contributed by atoms with Crippen LogP contribution in [0.4, 0.5) is 13.6 Å². The number of hydrogen-bond acceptors (Lipinski definition) is 5. The summed E-state index contributed by atoms with van der Waals surface area (Å²) in [6.45, 7) is 5.66. The van der Waals surface area contributed by atoms with Crippen molar-refractivity contribution >= 4 is 16.1 Å². The van der Waals surface area contributed by atoms with Gasteiger partial charge in [0.25, 0.3) is 6.43 Å². The number of rotatable bonds is 9. The summed E-state index contributed by atoms with van der Waals surface area (Å²) in [6, 6.07) is 5.02. The average Bonchev–Trinajstić information content (AvgIpc) is 2.56. The summed E-state index contributed by atoms with van der Waals surface area (Å²) in [6.07, 6.45) is -3.35. The average molecular weight is 422 g/mol. The normalized spacial score (nSPS) is 13.5. The highest BCUT2D eigenvalue weighted by atomic mass is 32.2. The van der Waals surface area contributed by atoms with E-state index in [4.69, 9.17) is 9.47 Å². The van der Waals surface area contributed by atoms with Crippen LogP contribution in [0.3, 0.4) is 0 Å². The van der Waals surface area contributed by atoms with E-state index in [2.05, 4.69) is 5.32 Å². The first-order chi connectivity index (χ1) is 12.8. The lowest BCUT2D eigenvalue weighted by Gasteiger charge is -2.25. The molecule has 7 nitrogen and oxygen atoms in total. The molecule has 0 aliphatic carbocycles. The number of halogens is 2. The SMILES string of the molecule is COc1ccc(S(=O)(=O)N(CC[C@H](C)NC(=O)OC(C)(C)C)CC(F)F)cc1. The predicted molar refractivity (Wildman–Crippen MR) is 101 cm³/mol. The van der Waals surface area contributed by atoms with E-state index >= 15 is 0 Å². The maximum atomic E-state index is 13.0. The number of alkyl carbamates (subject to hydrolysis) is 1. The van der Waals surface area contributed by atoms with Gasteiger partial charge in [0.2, 0.25) is 10.0 Å². The summed E-state index contributed by atoms with van der Waals surface area (Å²) < 4.78 is 62.2. The molecule has 1 N–H and O–H groups in total. The molecule has 0 saturated heterocycles. The zero-order valence-electron chi connectivity index (χ0n) is 16.7. The van der Waals surface area contributed by atoms with Crippen molar-refractivity contribution in [3.63, 3.8) is 0 Å². The molecule has 0 spiro atoms. The van der Waals surface area contributed by atoms with Gasteiger partial charge in [-0.25, -0.2) is 22.0 Å². The minimum Gasteiger partial charge on any atom is -0.497 e. The van der Waals surface area contributed by atoms with Crippen molar-refractivity contribution in [3.05, 3.63) is 24.3 Å². The minimum absolute atomic E-state index is 0.110. The Bertz CT molecular complexity index is 733. The highest BCUT2D eigenvalue weighted by molar-refractivity contribution is 7.89. The lowest BCUT2D eigenvalue weighted by Crippen LogP contribution is -2.41. The van der Waals surface area contributed by atoms with E-state index in [-0.39, 0.29) is 17.9 Å². The number of methoxy groups -OCH3 is 1. The first-order valence-electron chi connectivity index (χ1n) is 8.77. The summed E-state index contributed by atoms with van der Waals surface area (Å²) in [5, 5.41) is 2.56. The summed E-state index contributed by atoms with van der Waals surface area (Å²) in [4.78, 5) is 11.7. The zero-order chi connectivity index (χ0) is 21.5. The smallest absolute Gasteiger partial charge is 0.407 e. The molecule has 0 bridgehead atoms. The van der Waals surface area contributed by atoms with Crippen LogP contribution in [0.15, 0.2) is 29.2 Å². The second-order valence-electron chi connectivity index (χ2n) is 7.27. The molecule has 0 radical (unpaired) electrons. The van der Waals surface area contributed by atoms with Gasteiger partial charge in [0.05, 0.1) is 18.6 Å². The Kier molecular flexibility index (Phi) is 8.62. The van der Waals surface area contributed by atoms with E-state index in [1.54, 1.807) is 27.7 Å². The molecule has 1 aromatic rings. The summed E-state index contributed by atoms with van der Waals surface area (Å²) in [5.74, 6) is 0.453. The van der Waals surface area contributed by atoms with Crippen LogP contribution in [-0.2, 0) is 14.8 Å². The fourth-order valence-electron chi connectivity index (χ4n) is 2.28. The third-order valence-electron chi connectivity index (χ3n) is 3.61. The van der Waals surface area contributed by atoms with Gasteiger partial charge < -0.3 is 14.8 Å². The van der Waals surface area contributed by atoms with E-state index in [0.717, 1.165) is 0 Å². The maximum Gasteiger partial charge on any atom is 0.407 e. The number of benzene rings is 1. The van der Waals surface area contributed by atoms with Gasteiger partial charge in [-0.05, 0) is 58.4 Å². The topological polar surface area (TPSA) is 84.9 Å². The van der Waals surface area contributed by atoms with Crippen molar-refractivity contribution in [1.82, 2.24) is 9.62 Å². The van der Waals surface area contributed by atoms with Crippen LogP contribution in [-0.4, -0.2) is 57.1 Å². The molecule has 0 aliphatic heterocycles. The molecular formula is C18H28F2N2O5S.